The molecule has 0 fully saturated rings. The van der Waals surface area contributed by atoms with Crippen LogP contribution in [0.25, 0.3) is 0 Å². The first-order valence-corrected chi connectivity index (χ1v) is 6.99. The number of phenols is 1. The molecule has 1 N–H and O–H groups in total. The lowest BCUT2D eigenvalue weighted by Crippen LogP contribution is -1.96. The number of hydrogen-bond acceptors (Lipinski definition) is 2. The molecule has 2 rings (SSSR count). The molecule has 1 atom stereocenters. The summed E-state index contributed by atoms with van der Waals surface area (Å²) in [5, 5.41) is 10.2. The van der Waals surface area contributed by atoms with Crippen LogP contribution in [0.5, 0.6) is 5.75 Å². The highest BCUT2D eigenvalue weighted by molar-refractivity contribution is 7.85. The van der Waals surface area contributed by atoms with Crippen LogP contribution in [-0.4, -0.2) is 9.32 Å². The normalized spacial score (nSPS) is 12.4. The van der Waals surface area contributed by atoms with Gasteiger partial charge in [0.2, 0.25) is 0 Å². The van der Waals surface area contributed by atoms with E-state index in [0.29, 0.717) is 14.8 Å². The number of aryl methyl sites for hydroxylation is 2. The van der Waals surface area contributed by atoms with Gasteiger partial charge >= 0.3 is 0 Å². The minimum atomic E-state index is -1.25. The van der Waals surface area contributed by atoms with Gasteiger partial charge in [0.1, 0.15) is 5.75 Å². The van der Waals surface area contributed by atoms with Crippen LogP contribution in [0, 0.1) is 13.8 Å². The molecule has 0 aromatic heterocycles. The van der Waals surface area contributed by atoms with Gasteiger partial charge in [-0.3, -0.25) is 0 Å². The molecule has 0 bridgehead atoms. The first-order chi connectivity index (χ1) is 8.49. The predicted octanol–water partition coefficient (Wildman–Crippen LogP) is 3.83. The molecule has 0 radical (unpaired) electrons. The lowest BCUT2D eigenvalue weighted by molar-refractivity contribution is 0.470. The van der Waals surface area contributed by atoms with Gasteiger partial charge < -0.3 is 5.11 Å². The van der Waals surface area contributed by atoms with E-state index in [2.05, 4.69) is 0 Å². The molecule has 2 aromatic rings. The highest BCUT2D eigenvalue weighted by atomic mass is 35.5. The molecular formula is C14H13ClO2S. The zero-order chi connectivity index (χ0) is 13.3. The first kappa shape index (κ1) is 13.1. The van der Waals surface area contributed by atoms with Crippen molar-refractivity contribution >= 4 is 22.4 Å². The van der Waals surface area contributed by atoms with E-state index in [1.54, 1.807) is 43.3 Å². The van der Waals surface area contributed by atoms with Crippen LogP contribution in [0.4, 0.5) is 0 Å². The van der Waals surface area contributed by atoms with Crippen molar-refractivity contribution in [2.24, 2.45) is 0 Å². The molecule has 0 heterocycles. The first-order valence-electron chi connectivity index (χ1n) is 5.46. The molecule has 0 aliphatic heterocycles. The predicted molar refractivity (Wildman–Crippen MR) is 73.7 cm³/mol. The molecule has 0 saturated carbocycles. The van der Waals surface area contributed by atoms with E-state index in [1.807, 2.05) is 6.92 Å². The third-order valence-electron chi connectivity index (χ3n) is 2.72. The topological polar surface area (TPSA) is 37.3 Å². The van der Waals surface area contributed by atoms with Crippen molar-refractivity contribution in [3.05, 3.63) is 52.5 Å². The van der Waals surface area contributed by atoms with Crippen molar-refractivity contribution in [3.63, 3.8) is 0 Å². The number of benzene rings is 2. The Morgan fingerprint density at radius 1 is 1.06 bits per heavy atom. The fraction of sp³-hybridized carbons (Fsp3) is 0.143. The van der Waals surface area contributed by atoms with Gasteiger partial charge in [-0.1, -0.05) is 11.6 Å². The summed E-state index contributed by atoms with van der Waals surface area (Å²) in [7, 11) is -1.25. The Balaban J connectivity index is 2.46. The Morgan fingerprint density at radius 2 is 1.67 bits per heavy atom. The van der Waals surface area contributed by atoms with E-state index in [1.165, 1.54) is 0 Å². The van der Waals surface area contributed by atoms with Crippen LogP contribution in [0.2, 0.25) is 5.02 Å². The fourth-order valence-corrected chi connectivity index (χ4v) is 3.06. The van der Waals surface area contributed by atoms with Gasteiger partial charge in [0.05, 0.1) is 10.8 Å². The molecule has 2 aromatic carbocycles. The maximum atomic E-state index is 12.4. The zero-order valence-electron chi connectivity index (χ0n) is 10.1. The molecular weight excluding hydrogens is 268 g/mol. The van der Waals surface area contributed by atoms with Crippen LogP contribution in [0.1, 0.15) is 11.1 Å². The van der Waals surface area contributed by atoms with Gasteiger partial charge in [-0.15, -0.1) is 0 Å². The second-order valence-corrected chi connectivity index (χ2v) is 6.01. The highest BCUT2D eigenvalue weighted by Gasteiger charge is 2.12. The maximum absolute atomic E-state index is 12.4. The van der Waals surface area contributed by atoms with Gasteiger partial charge in [-0.05, 0) is 61.4 Å². The van der Waals surface area contributed by atoms with Crippen LogP contribution >= 0.6 is 11.6 Å². The molecule has 0 aliphatic rings. The van der Waals surface area contributed by atoms with Crippen molar-refractivity contribution in [1.82, 2.24) is 0 Å². The molecule has 18 heavy (non-hydrogen) atoms. The maximum Gasteiger partial charge on any atom is 0.118 e. The van der Waals surface area contributed by atoms with E-state index >= 15 is 0 Å². The van der Waals surface area contributed by atoms with Crippen LogP contribution in [0.15, 0.2) is 46.2 Å². The third-order valence-corrected chi connectivity index (χ3v) is 4.51. The number of aromatic hydroxyl groups is 1. The summed E-state index contributed by atoms with van der Waals surface area (Å²) < 4.78 is 12.4. The Hall–Kier alpha value is -1.32. The summed E-state index contributed by atoms with van der Waals surface area (Å²) in [6.07, 6.45) is 0. The minimum Gasteiger partial charge on any atom is -0.508 e. The van der Waals surface area contributed by atoms with Gasteiger partial charge in [0, 0.05) is 14.8 Å². The second kappa shape index (κ2) is 5.12. The van der Waals surface area contributed by atoms with E-state index in [9.17, 15) is 9.32 Å². The average molecular weight is 281 g/mol. The zero-order valence-corrected chi connectivity index (χ0v) is 11.7. The lowest BCUT2D eigenvalue weighted by atomic mass is 10.1. The van der Waals surface area contributed by atoms with E-state index in [4.69, 9.17) is 11.6 Å². The van der Waals surface area contributed by atoms with Crippen molar-refractivity contribution in [2.45, 2.75) is 23.6 Å². The number of halogens is 1. The van der Waals surface area contributed by atoms with Gasteiger partial charge in [-0.25, -0.2) is 4.21 Å². The quantitative estimate of drug-likeness (QED) is 0.908. The Bertz CT molecular complexity index is 606. The molecule has 1 unspecified atom stereocenters. The molecule has 0 amide bonds. The molecule has 0 spiro atoms. The summed E-state index contributed by atoms with van der Waals surface area (Å²) in [5.74, 6) is 0.226. The van der Waals surface area contributed by atoms with Crippen LogP contribution in [-0.2, 0) is 10.8 Å². The largest absolute Gasteiger partial charge is 0.508 e. The van der Waals surface area contributed by atoms with E-state index in [-0.39, 0.29) is 5.75 Å². The molecule has 94 valence electrons. The van der Waals surface area contributed by atoms with Gasteiger partial charge in [0.25, 0.3) is 0 Å². The molecule has 2 nitrogen and oxygen atoms in total. The molecule has 0 saturated heterocycles. The monoisotopic (exact) mass is 280 g/mol. The minimum absolute atomic E-state index is 0.226. The fourth-order valence-electron chi connectivity index (χ4n) is 1.66. The summed E-state index contributed by atoms with van der Waals surface area (Å²) in [6, 6.07) is 10.3. The van der Waals surface area contributed by atoms with Gasteiger partial charge in [-0.2, -0.15) is 0 Å². The Kier molecular flexibility index (Phi) is 3.73. The highest BCUT2D eigenvalue weighted by Crippen LogP contribution is 2.27. The number of hydrogen-bond donors (Lipinski definition) is 1. The lowest BCUT2D eigenvalue weighted by Gasteiger charge is -2.09. The van der Waals surface area contributed by atoms with Crippen LogP contribution < -0.4 is 0 Å². The van der Waals surface area contributed by atoms with Crippen LogP contribution in [0.3, 0.4) is 0 Å². The number of phenolic OH excluding ortho intramolecular Hbond substituents is 1. The van der Waals surface area contributed by atoms with Crippen molar-refractivity contribution in [2.75, 3.05) is 0 Å². The van der Waals surface area contributed by atoms with Gasteiger partial charge in [0.15, 0.2) is 0 Å². The van der Waals surface area contributed by atoms with Crippen molar-refractivity contribution < 1.29 is 9.32 Å². The molecule has 0 aliphatic carbocycles. The van der Waals surface area contributed by atoms with E-state index in [0.717, 1.165) is 11.1 Å². The summed E-state index contributed by atoms with van der Waals surface area (Å²) >= 11 is 5.81. The Labute approximate surface area is 114 Å². The number of rotatable bonds is 2. The average Bonchev–Trinajstić information content (AvgIpc) is 2.34. The SMILES string of the molecule is Cc1cc(S(=O)c2ccc(Cl)cc2)c(C)cc1O. The summed E-state index contributed by atoms with van der Waals surface area (Å²) in [6.45, 7) is 3.62. The second-order valence-electron chi connectivity index (χ2n) is 4.13. The third kappa shape index (κ3) is 2.57. The van der Waals surface area contributed by atoms with Crippen molar-refractivity contribution in [3.8, 4) is 5.75 Å². The summed E-state index contributed by atoms with van der Waals surface area (Å²) in [5.41, 5.74) is 1.53. The summed E-state index contributed by atoms with van der Waals surface area (Å²) in [4.78, 5) is 1.42. The smallest absolute Gasteiger partial charge is 0.118 e. The Morgan fingerprint density at radius 3 is 2.28 bits per heavy atom. The standard InChI is InChI=1S/C14H13ClO2S/c1-9-8-14(10(2)7-13(9)16)18(17)12-5-3-11(15)4-6-12/h3-8,16H,1-2H3. The van der Waals surface area contributed by atoms with E-state index < -0.39 is 10.8 Å². The molecule has 4 heteroatoms. The van der Waals surface area contributed by atoms with Crippen molar-refractivity contribution in [1.29, 1.82) is 0 Å².